The van der Waals surface area contributed by atoms with E-state index in [-0.39, 0.29) is 5.91 Å². The molecule has 1 amide bonds. The maximum Gasteiger partial charge on any atom is 0.327 e. The van der Waals surface area contributed by atoms with Gasteiger partial charge in [-0.25, -0.2) is 9.78 Å². The van der Waals surface area contributed by atoms with Crippen LogP contribution < -0.4 is 5.32 Å². The highest BCUT2D eigenvalue weighted by Gasteiger charge is 2.02. The average molecular weight is 327 g/mol. The van der Waals surface area contributed by atoms with Gasteiger partial charge >= 0.3 is 5.97 Å². The van der Waals surface area contributed by atoms with Crippen LogP contribution in [0, 0.1) is 0 Å². The predicted octanol–water partition coefficient (Wildman–Crippen LogP) is 2.38. The fourth-order valence-corrected chi connectivity index (χ4v) is 1.63. The molecule has 2 N–H and O–H groups in total. The zero-order valence-electron chi connectivity index (χ0n) is 10.3. The van der Waals surface area contributed by atoms with Gasteiger partial charge in [-0.1, -0.05) is 28.1 Å². The van der Waals surface area contributed by atoms with Gasteiger partial charge in [-0.05, 0) is 24.5 Å². The summed E-state index contributed by atoms with van der Waals surface area (Å²) in [6, 6.07) is 3.51. The molecule has 0 aliphatic carbocycles. The number of nitrogens with one attached hydrogen (secondary N) is 1. The Morgan fingerprint density at radius 1 is 1.42 bits per heavy atom. The van der Waals surface area contributed by atoms with Gasteiger partial charge in [0.25, 0.3) is 0 Å². The Bertz CT molecular complexity index is 457. The Morgan fingerprint density at radius 2 is 2.21 bits per heavy atom. The van der Waals surface area contributed by atoms with E-state index in [1.165, 1.54) is 0 Å². The van der Waals surface area contributed by atoms with Crippen LogP contribution in [0.15, 0.2) is 30.5 Å². The fourth-order valence-electron chi connectivity index (χ4n) is 1.35. The van der Waals surface area contributed by atoms with E-state index in [2.05, 4.69) is 26.2 Å². The van der Waals surface area contributed by atoms with Crippen LogP contribution in [0.2, 0.25) is 0 Å². The average Bonchev–Trinajstić information content (AvgIpc) is 2.38. The highest BCUT2D eigenvalue weighted by Crippen LogP contribution is 2.07. The Hall–Kier alpha value is -1.69. The van der Waals surface area contributed by atoms with Crippen molar-refractivity contribution < 1.29 is 14.7 Å². The summed E-state index contributed by atoms with van der Waals surface area (Å²) in [6.45, 7) is 0. The van der Waals surface area contributed by atoms with Gasteiger partial charge in [0, 0.05) is 24.0 Å². The smallest absolute Gasteiger partial charge is 0.327 e. The zero-order valence-corrected chi connectivity index (χ0v) is 11.9. The first-order valence-corrected chi connectivity index (χ1v) is 6.94. The second-order valence-corrected chi connectivity index (χ2v) is 4.63. The Labute approximate surface area is 119 Å². The van der Waals surface area contributed by atoms with Crippen LogP contribution in [-0.4, -0.2) is 27.3 Å². The number of carbonyl (C=O) groups excluding carboxylic acids is 1. The fraction of sp³-hybridized carbons (Fsp3) is 0.308. The van der Waals surface area contributed by atoms with Crippen LogP contribution in [0.4, 0.5) is 5.82 Å². The minimum absolute atomic E-state index is 0.0644. The van der Waals surface area contributed by atoms with Crippen molar-refractivity contribution in [3.05, 3.63) is 36.0 Å². The first kappa shape index (κ1) is 15.4. The number of alkyl halides is 1. The van der Waals surface area contributed by atoms with Crippen molar-refractivity contribution in [3.8, 4) is 0 Å². The number of carboxylic acids is 1. The Balaban J connectivity index is 2.47. The van der Waals surface area contributed by atoms with Crippen molar-refractivity contribution in [1.29, 1.82) is 0 Å². The van der Waals surface area contributed by atoms with Crippen molar-refractivity contribution in [1.82, 2.24) is 4.98 Å². The van der Waals surface area contributed by atoms with Gasteiger partial charge in [-0.15, -0.1) is 0 Å². The highest BCUT2D eigenvalue weighted by molar-refractivity contribution is 9.09. The maximum atomic E-state index is 11.5. The van der Waals surface area contributed by atoms with E-state index < -0.39 is 5.97 Å². The van der Waals surface area contributed by atoms with Gasteiger partial charge in [0.2, 0.25) is 5.91 Å². The SMILES string of the molecule is O=C(O)/C=C/Cc1ccc(NC(=O)CCCBr)nc1. The van der Waals surface area contributed by atoms with E-state index in [1.54, 1.807) is 24.4 Å². The molecule has 5 nitrogen and oxygen atoms in total. The lowest BCUT2D eigenvalue weighted by molar-refractivity contribution is -0.131. The van der Waals surface area contributed by atoms with Gasteiger partial charge in [-0.3, -0.25) is 4.79 Å². The van der Waals surface area contributed by atoms with Crippen LogP contribution in [0.1, 0.15) is 18.4 Å². The summed E-state index contributed by atoms with van der Waals surface area (Å²) in [4.78, 5) is 25.9. The number of aromatic nitrogens is 1. The number of hydrogen-bond acceptors (Lipinski definition) is 3. The van der Waals surface area contributed by atoms with Crippen LogP contribution in [0.25, 0.3) is 0 Å². The van der Waals surface area contributed by atoms with Crippen molar-refractivity contribution in [2.45, 2.75) is 19.3 Å². The van der Waals surface area contributed by atoms with Gasteiger partial charge in [0.05, 0.1) is 0 Å². The predicted molar refractivity (Wildman–Crippen MR) is 76.4 cm³/mol. The molecule has 0 fully saturated rings. The number of hydrogen-bond donors (Lipinski definition) is 2. The maximum absolute atomic E-state index is 11.5. The third kappa shape index (κ3) is 6.71. The monoisotopic (exact) mass is 326 g/mol. The number of amides is 1. The summed E-state index contributed by atoms with van der Waals surface area (Å²) in [5.74, 6) is -0.528. The second-order valence-electron chi connectivity index (χ2n) is 3.84. The first-order chi connectivity index (χ1) is 9.11. The molecule has 102 valence electrons. The van der Waals surface area contributed by atoms with E-state index in [0.717, 1.165) is 23.4 Å². The zero-order chi connectivity index (χ0) is 14.1. The molecule has 0 unspecified atom stereocenters. The Morgan fingerprint density at radius 3 is 2.79 bits per heavy atom. The van der Waals surface area contributed by atoms with Crippen molar-refractivity contribution in [3.63, 3.8) is 0 Å². The van der Waals surface area contributed by atoms with E-state index in [1.807, 2.05) is 0 Å². The molecule has 0 saturated heterocycles. The molecule has 0 spiro atoms. The lowest BCUT2D eigenvalue weighted by Crippen LogP contribution is -2.12. The molecule has 0 aliphatic heterocycles. The summed E-state index contributed by atoms with van der Waals surface area (Å²) >= 11 is 3.26. The third-order valence-corrected chi connectivity index (χ3v) is 2.80. The Kier molecular flexibility index (Phi) is 6.81. The van der Waals surface area contributed by atoms with E-state index >= 15 is 0 Å². The largest absolute Gasteiger partial charge is 0.478 e. The van der Waals surface area contributed by atoms with Crippen molar-refractivity contribution in [2.24, 2.45) is 0 Å². The number of carbonyl (C=O) groups is 2. The molecule has 1 heterocycles. The first-order valence-electron chi connectivity index (χ1n) is 5.82. The van der Waals surface area contributed by atoms with Crippen LogP contribution in [0.3, 0.4) is 0 Å². The minimum Gasteiger partial charge on any atom is -0.478 e. The quantitative estimate of drug-likeness (QED) is 0.595. The molecule has 1 rings (SSSR count). The molecule has 19 heavy (non-hydrogen) atoms. The molecule has 6 heteroatoms. The molecular formula is C13H15BrN2O3. The van der Waals surface area contributed by atoms with Crippen LogP contribution in [-0.2, 0) is 16.0 Å². The number of halogens is 1. The summed E-state index contributed by atoms with van der Waals surface area (Å²) in [7, 11) is 0. The summed E-state index contributed by atoms with van der Waals surface area (Å²) in [5, 5.41) is 11.9. The van der Waals surface area contributed by atoms with Crippen molar-refractivity contribution >= 4 is 33.6 Å². The highest BCUT2D eigenvalue weighted by atomic mass is 79.9. The molecular weight excluding hydrogens is 312 g/mol. The summed E-state index contributed by atoms with van der Waals surface area (Å²) in [5.41, 5.74) is 0.885. The molecule has 0 saturated carbocycles. The molecule has 0 bridgehead atoms. The van der Waals surface area contributed by atoms with E-state index in [4.69, 9.17) is 5.11 Å². The third-order valence-electron chi connectivity index (χ3n) is 2.24. The molecule has 0 aromatic carbocycles. The normalized spacial score (nSPS) is 10.6. The van der Waals surface area contributed by atoms with Crippen LogP contribution in [0.5, 0.6) is 0 Å². The molecule has 0 aliphatic rings. The molecule has 1 aromatic heterocycles. The van der Waals surface area contributed by atoms with Gasteiger partial charge < -0.3 is 10.4 Å². The van der Waals surface area contributed by atoms with E-state index in [9.17, 15) is 9.59 Å². The lowest BCUT2D eigenvalue weighted by Gasteiger charge is -2.04. The number of allylic oxidation sites excluding steroid dienone is 1. The van der Waals surface area contributed by atoms with Crippen LogP contribution >= 0.6 is 15.9 Å². The number of pyridine rings is 1. The van der Waals surface area contributed by atoms with Crippen molar-refractivity contribution in [2.75, 3.05) is 10.6 Å². The summed E-state index contributed by atoms with van der Waals surface area (Å²) < 4.78 is 0. The van der Waals surface area contributed by atoms with E-state index in [0.29, 0.717) is 18.7 Å². The van der Waals surface area contributed by atoms with Gasteiger partial charge in [0.15, 0.2) is 0 Å². The van der Waals surface area contributed by atoms with Gasteiger partial charge in [0.1, 0.15) is 5.82 Å². The molecule has 0 atom stereocenters. The standard InChI is InChI=1S/C13H15BrN2O3/c14-8-2-4-12(17)16-11-7-6-10(9-15-11)3-1-5-13(18)19/h1,5-7,9H,2-4,8H2,(H,18,19)(H,15,16,17)/b5-1+. The second kappa shape index (κ2) is 8.42. The minimum atomic E-state index is -0.969. The number of anilines is 1. The number of rotatable bonds is 7. The number of aliphatic carboxylic acids is 1. The molecule has 0 radical (unpaired) electrons. The summed E-state index contributed by atoms with van der Waals surface area (Å²) in [6.07, 6.45) is 5.99. The molecule has 1 aromatic rings. The van der Waals surface area contributed by atoms with Gasteiger partial charge in [-0.2, -0.15) is 0 Å². The topological polar surface area (TPSA) is 79.3 Å². The number of nitrogens with zero attached hydrogens (tertiary/aromatic N) is 1. The lowest BCUT2D eigenvalue weighted by atomic mass is 10.2. The number of carboxylic acid groups (broad SMARTS) is 1.